The van der Waals surface area contributed by atoms with Crippen LogP contribution in [0.15, 0.2) is 79.1 Å². The molecule has 3 heterocycles. The van der Waals surface area contributed by atoms with Crippen LogP contribution in [0, 0.1) is 0 Å². The molecule has 1 aliphatic heterocycles. The van der Waals surface area contributed by atoms with Crippen LogP contribution in [0.5, 0.6) is 11.5 Å². The van der Waals surface area contributed by atoms with Gasteiger partial charge in [-0.2, -0.15) is 0 Å². The first-order chi connectivity index (χ1) is 16.3. The Morgan fingerprint density at radius 3 is 2.62 bits per heavy atom. The van der Waals surface area contributed by atoms with E-state index in [1.165, 1.54) is 30.5 Å². The highest BCUT2D eigenvalue weighted by molar-refractivity contribution is 5.98. The Hall–Kier alpha value is -4.14. The summed E-state index contributed by atoms with van der Waals surface area (Å²) < 4.78 is 47.6. The Bertz CT molecular complexity index is 1360. The van der Waals surface area contributed by atoms with E-state index in [-0.39, 0.29) is 12.4 Å². The van der Waals surface area contributed by atoms with E-state index in [1.54, 1.807) is 24.4 Å². The van der Waals surface area contributed by atoms with Crippen LogP contribution in [0.2, 0.25) is 0 Å². The van der Waals surface area contributed by atoms with Crippen LogP contribution >= 0.6 is 0 Å². The number of nitrogens with zero attached hydrogens (tertiary/aromatic N) is 2. The van der Waals surface area contributed by atoms with Gasteiger partial charge in [-0.1, -0.05) is 30.3 Å². The number of pyridine rings is 2. The first-order valence-electron chi connectivity index (χ1n) is 10.5. The maximum absolute atomic E-state index is 13.4. The van der Waals surface area contributed by atoms with E-state index in [0.29, 0.717) is 29.0 Å². The molecule has 172 valence electrons. The normalized spacial score (nSPS) is 17.5. The number of alkyl halides is 3. The zero-order valence-electron chi connectivity index (χ0n) is 17.7. The number of amides is 1. The number of para-hydroxylation sites is 1. The summed E-state index contributed by atoms with van der Waals surface area (Å²) in [4.78, 5) is 22.2. The number of benzene rings is 2. The molecule has 0 saturated carbocycles. The van der Waals surface area contributed by atoms with Crippen LogP contribution in [0.1, 0.15) is 28.0 Å². The number of carbonyl (C=O) groups is 1. The van der Waals surface area contributed by atoms with Crippen molar-refractivity contribution < 1.29 is 27.4 Å². The fourth-order valence-corrected chi connectivity index (χ4v) is 4.14. The molecule has 1 N–H and O–H groups in total. The maximum atomic E-state index is 13.4. The van der Waals surface area contributed by atoms with E-state index in [9.17, 15) is 18.0 Å². The first kappa shape index (κ1) is 21.7. The molecule has 0 saturated heterocycles. The van der Waals surface area contributed by atoms with Gasteiger partial charge in [0.1, 0.15) is 22.7 Å². The lowest BCUT2D eigenvalue weighted by Gasteiger charge is -2.39. The molecule has 1 aliphatic rings. The van der Waals surface area contributed by atoms with Crippen LogP contribution < -0.4 is 14.8 Å². The van der Waals surface area contributed by atoms with Gasteiger partial charge >= 0.3 is 6.36 Å². The highest BCUT2D eigenvalue weighted by Crippen LogP contribution is 2.41. The van der Waals surface area contributed by atoms with Crippen LogP contribution in [0.25, 0.3) is 10.9 Å². The summed E-state index contributed by atoms with van der Waals surface area (Å²) in [5, 5.41) is 3.88. The molecule has 9 heteroatoms. The van der Waals surface area contributed by atoms with Gasteiger partial charge in [0.15, 0.2) is 0 Å². The molecule has 4 aromatic rings. The SMILES string of the molecule is O=C(NC1(c2ccc(OC(F)(F)F)cc2)CCOc2cccnc21)c1cnc2ccccc2c1. The third-order valence-electron chi connectivity index (χ3n) is 5.67. The summed E-state index contributed by atoms with van der Waals surface area (Å²) in [5.41, 5.74) is 0.986. The van der Waals surface area contributed by atoms with E-state index >= 15 is 0 Å². The van der Waals surface area contributed by atoms with Gasteiger partial charge in [0.05, 0.1) is 17.7 Å². The van der Waals surface area contributed by atoms with Gasteiger partial charge in [-0.25, -0.2) is 0 Å². The zero-order chi connectivity index (χ0) is 23.8. The summed E-state index contributed by atoms with van der Waals surface area (Å²) in [6.45, 7) is 0.274. The molecule has 0 bridgehead atoms. The van der Waals surface area contributed by atoms with Gasteiger partial charge < -0.3 is 14.8 Å². The summed E-state index contributed by atoms with van der Waals surface area (Å²) in [5.74, 6) is -0.265. The molecular weight excluding hydrogens is 447 g/mol. The molecule has 0 radical (unpaired) electrons. The minimum absolute atomic E-state index is 0.274. The van der Waals surface area contributed by atoms with E-state index in [1.807, 2.05) is 24.3 Å². The molecule has 0 fully saturated rings. The third kappa shape index (κ3) is 4.12. The Labute approximate surface area is 192 Å². The molecule has 0 spiro atoms. The van der Waals surface area contributed by atoms with Crippen molar-refractivity contribution in [1.29, 1.82) is 0 Å². The van der Waals surface area contributed by atoms with Gasteiger partial charge in [-0.15, -0.1) is 13.2 Å². The van der Waals surface area contributed by atoms with Gasteiger partial charge in [0.2, 0.25) is 0 Å². The lowest BCUT2D eigenvalue weighted by molar-refractivity contribution is -0.274. The van der Waals surface area contributed by atoms with Crippen LogP contribution in [-0.2, 0) is 5.54 Å². The number of rotatable bonds is 4. The van der Waals surface area contributed by atoms with E-state index in [2.05, 4.69) is 20.0 Å². The van der Waals surface area contributed by atoms with Gasteiger partial charge in [0.25, 0.3) is 5.91 Å². The van der Waals surface area contributed by atoms with Crippen molar-refractivity contribution in [2.24, 2.45) is 0 Å². The summed E-state index contributed by atoms with van der Waals surface area (Å²) in [7, 11) is 0. The summed E-state index contributed by atoms with van der Waals surface area (Å²) >= 11 is 0. The first-order valence-corrected chi connectivity index (χ1v) is 10.5. The van der Waals surface area contributed by atoms with Crippen molar-refractivity contribution >= 4 is 16.8 Å². The third-order valence-corrected chi connectivity index (χ3v) is 5.67. The van der Waals surface area contributed by atoms with Gasteiger partial charge in [-0.3, -0.25) is 14.8 Å². The Morgan fingerprint density at radius 2 is 1.82 bits per heavy atom. The lowest BCUT2D eigenvalue weighted by Crippen LogP contribution is -2.50. The quantitative estimate of drug-likeness (QED) is 0.460. The molecular formula is C25H18F3N3O3. The zero-order valence-corrected chi connectivity index (χ0v) is 17.7. The largest absolute Gasteiger partial charge is 0.573 e. The average Bonchev–Trinajstić information content (AvgIpc) is 2.83. The molecule has 5 rings (SSSR count). The minimum Gasteiger partial charge on any atom is -0.491 e. The van der Waals surface area contributed by atoms with Crippen LogP contribution in [0.4, 0.5) is 13.2 Å². The van der Waals surface area contributed by atoms with E-state index < -0.39 is 17.8 Å². The number of nitrogens with one attached hydrogen (secondary N) is 1. The fourth-order valence-electron chi connectivity index (χ4n) is 4.14. The number of halogens is 3. The standard InChI is InChI=1S/C25H18F3N3O3/c26-25(27,28)34-19-9-7-18(8-10-19)24(11-13-33-21-6-3-12-29-22(21)24)31-23(32)17-14-16-4-1-2-5-20(16)30-15-17/h1-10,12,14-15H,11,13H2,(H,31,32). The van der Waals surface area contributed by atoms with Crippen molar-refractivity contribution in [3.05, 3.63) is 95.9 Å². The molecule has 1 amide bonds. The number of carbonyl (C=O) groups excluding carboxylic acids is 1. The van der Waals surface area contributed by atoms with Crippen molar-refractivity contribution in [2.45, 2.75) is 18.3 Å². The molecule has 1 unspecified atom stereocenters. The summed E-state index contributed by atoms with van der Waals surface area (Å²) in [6, 6.07) is 18.0. The van der Waals surface area contributed by atoms with Gasteiger partial charge in [0, 0.05) is 24.2 Å². The van der Waals surface area contributed by atoms with Crippen LogP contribution in [0.3, 0.4) is 0 Å². The number of fused-ring (bicyclic) bond motifs is 2. The lowest BCUT2D eigenvalue weighted by atomic mass is 9.81. The Balaban J connectivity index is 1.56. The minimum atomic E-state index is -4.80. The molecule has 1 atom stereocenters. The van der Waals surface area contributed by atoms with Crippen LogP contribution in [-0.4, -0.2) is 28.8 Å². The number of ether oxygens (including phenoxy) is 2. The molecule has 34 heavy (non-hydrogen) atoms. The molecule has 0 aliphatic carbocycles. The van der Waals surface area contributed by atoms with Crippen molar-refractivity contribution in [3.8, 4) is 11.5 Å². The van der Waals surface area contributed by atoms with Gasteiger partial charge in [-0.05, 0) is 42.0 Å². The Morgan fingerprint density at radius 1 is 1.03 bits per heavy atom. The second-order valence-electron chi connectivity index (χ2n) is 7.80. The van der Waals surface area contributed by atoms with E-state index in [4.69, 9.17) is 4.74 Å². The topological polar surface area (TPSA) is 73.3 Å². The highest BCUT2D eigenvalue weighted by atomic mass is 19.4. The molecule has 2 aromatic carbocycles. The van der Waals surface area contributed by atoms with Crippen molar-refractivity contribution in [2.75, 3.05) is 6.61 Å². The number of hydrogen-bond donors (Lipinski definition) is 1. The van der Waals surface area contributed by atoms with Crippen molar-refractivity contribution in [1.82, 2.24) is 15.3 Å². The predicted molar refractivity (Wildman–Crippen MR) is 117 cm³/mol. The van der Waals surface area contributed by atoms with Crippen molar-refractivity contribution in [3.63, 3.8) is 0 Å². The summed E-state index contributed by atoms with van der Waals surface area (Å²) in [6.07, 6.45) is -1.41. The Kier molecular flexibility index (Phi) is 5.31. The second-order valence-corrected chi connectivity index (χ2v) is 7.80. The monoisotopic (exact) mass is 465 g/mol. The smallest absolute Gasteiger partial charge is 0.491 e. The maximum Gasteiger partial charge on any atom is 0.573 e. The number of hydrogen-bond acceptors (Lipinski definition) is 5. The highest BCUT2D eigenvalue weighted by Gasteiger charge is 2.43. The number of aromatic nitrogens is 2. The van der Waals surface area contributed by atoms with E-state index in [0.717, 1.165) is 10.9 Å². The second kappa shape index (κ2) is 8.33. The fraction of sp³-hybridized carbons (Fsp3) is 0.160. The molecule has 2 aromatic heterocycles. The predicted octanol–water partition coefficient (Wildman–Crippen LogP) is 4.98. The average molecular weight is 465 g/mol. The molecule has 6 nitrogen and oxygen atoms in total.